The van der Waals surface area contributed by atoms with E-state index in [1.54, 1.807) is 60.7 Å². The zero-order valence-electron chi connectivity index (χ0n) is 13.6. The second-order valence-electron chi connectivity index (χ2n) is 5.49. The van der Waals surface area contributed by atoms with Crippen LogP contribution < -0.4 is 16.6 Å². The van der Waals surface area contributed by atoms with Gasteiger partial charge < -0.3 is 5.32 Å². The number of hydrogen-bond acceptors (Lipinski definition) is 4. The number of carbonyl (C=O) groups excluding carboxylic acids is 2. The Labute approximate surface area is 147 Å². The first-order valence-electron chi connectivity index (χ1n) is 7.83. The lowest BCUT2D eigenvalue weighted by atomic mass is 10.1. The standard InChI is InChI=1S/C19H15N3O4/c23-15-11-12-22(19(26)20-15)17(16(24)13-7-3-1-4-8-13)21-18(25)14-9-5-2-6-10-14/h1-12,17H,(H,21,25)(H,20,23,26)/t17-/m0/s1. The van der Waals surface area contributed by atoms with Gasteiger partial charge in [0.2, 0.25) is 5.78 Å². The predicted octanol–water partition coefficient (Wildman–Crippen LogP) is 1.35. The Morgan fingerprint density at radius 2 is 1.42 bits per heavy atom. The lowest BCUT2D eigenvalue weighted by Crippen LogP contribution is -2.44. The van der Waals surface area contributed by atoms with E-state index in [-0.39, 0.29) is 0 Å². The number of benzene rings is 2. The lowest BCUT2D eigenvalue weighted by Gasteiger charge is -2.20. The molecule has 3 aromatic rings. The summed E-state index contributed by atoms with van der Waals surface area (Å²) in [6, 6.07) is 17.7. The van der Waals surface area contributed by atoms with Crippen molar-refractivity contribution in [2.24, 2.45) is 0 Å². The molecule has 3 rings (SSSR count). The number of carbonyl (C=O) groups is 2. The number of ketones is 1. The van der Waals surface area contributed by atoms with Crippen molar-refractivity contribution in [2.45, 2.75) is 6.17 Å². The average Bonchev–Trinajstić information content (AvgIpc) is 2.67. The second kappa shape index (κ2) is 7.43. The molecule has 0 saturated carbocycles. The van der Waals surface area contributed by atoms with Crippen LogP contribution in [0.15, 0.2) is 82.5 Å². The molecule has 0 unspecified atom stereocenters. The van der Waals surface area contributed by atoms with E-state index in [1.807, 2.05) is 0 Å². The fourth-order valence-electron chi connectivity index (χ4n) is 2.45. The van der Waals surface area contributed by atoms with Crippen LogP contribution in [0.25, 0.3) is 0 Å². The Kier molecular flexibility index (Phi) is 4.89. The summed E-state index contributed by atoms with van der Waals surface area (Å²) in [6.07, 6.45) is -0.118. The van der Waals surface area contributed by atoms with E-state index in [4.69, 9.17) is 0 Å². The first kappa shape index (κ1) is 17.1. The maximum atomic E-state index is 12.9. The lowest BCUT2D eigenvalue weighted by molar-refractivity contribution is 0.0812. The number of aromatic nitrogens is 2. The maximum absolute atomic E-state index is 12.9. The Morgan fingerprint density at radius 3 is 2.00 bits per heavy atom. The van der Waals surface area contributed by atoms with Gasteiger partial charge in [-0.1, -0.05) is 48.5 Å². The summed E-state index contributed by atoms with van der Waals surface area (Å²) in [6.45, 7) is 0. The number of nitrogens with one attached hydrogen (secondary N) is 2. The molecule has 7 heteroatoms. The minimum absolute atomic E-state index is 0.323. The highest BCUT2D eigenvalue weighted by Gasteiger charge is 2.25. The number of aromatic amines is 1. The number of H-pyrrole nitrogens is 1. The van der Waals surface area contributed by atoms with Crippen LogP contribution in [-0.4, -0.2) is 21.2 Å². The van der Waals surface area contributed by atoms with Gasteiger partial charge in [0, 0.05) is 23.4 Å². The first-order chi connectivity index (χ1) is 12.6. The van der Waals surface area contributed by atoms with Crippen LogP contribution in [0.1, 0.15) is 26.9 Å². The van der Waals surface area contributed by atoms with E-state index >= 15 is 0 Å². The molecular weight excluding hydrogens is 334 g/mol. The van der Waals surface area contributed by atoms with Crippen LogP contribution in [0.5, 0.6) is 0 Å². The maximum Gasteiger partial charge on any atom is 0.330 e. The van der Waals surface area contributed by atoms with Crippen LogP contribution in [0.2, 0.25) is 0 Å². The van der Waals surface area contributed by atoms with Crippen molar-refractivity contribution in [1.29, 1.82) is 0 Å². The first-order valence-corrected chi connectivity index (χ1v) is 7.83. The molecule has 0 radical (unpaired) electrons. The summed E-state index contributed by atoms with van der Waals surface area (Å²) in [5.41, 5.74) is -0.716. The van der Waals surface area contributed by atoms with Gasteiger partial charge in [-0.25, -0.2) is 4.79 Å². The van der Waals surface area contributed by atoms with E-state index in [2.05, 4.69) is 10.3 Å². The van der Waals surface area contributed by atoms with Crippen molar-refractivity contribution in [1.82, 2.24) is 14.9 Å². The molecule has 0 aliphatic rings. The van der Waals surface area contributed by atoms with Gasteiger partial charge in [0.15, 0.2) is 6.17 Å². The number of Topliss-reactive ketones (excluding diaryl/α,β-unsaturated/α-hetero) is 1. The molecule has 2 N–H and O–H groups in total. The van der Waals surface area contributed by atoms with E-state index in [1.165, 1.54) is 6.20 Å². The Bertz CT molecular complexity index is 1040. The molecule has 0 spiro atoms. The van der Waals surface area contributed by atoms with Crippen molar-refractivity contribution >= 4 is 11.7 Å². The minimum Gasteiger partial charge on any atom is -0.325 e. The fraction of sp³-hybridized carbons (Fsp3) is 0.0526. The number of amides is 1. The normalized spacial score (nSPS) is 11.5. The third-order valence-corrected chi connectivity index (χ3v) is 3.74. The van der Waals surface area contributed by atoms with Crippen LogP contribution in [0.4, 0.5) is 0 Å². The van der Waals surface area contributed by atoms with Gasteiger partial charge in [-0.2, -0.15) is 0 Å². The van der Waals surface area contributed by atoms with Gasteiger partial charge >= 0.3 is 5.69 Å². The summed E-state index contributed by atoms with van der Waals surface area (Å²) in [5, 5.41) is 2.56. The Hall–Kier alpha value is -3.74. The van der Waals surface area contributed by atoms with Crippen molar-refractivity contribution in [2.75, 3.05) is 0 Å². The molecule has 1 atom stereocenters. The van der Waals surface area contributed by atoms with Crippen LogP contribution in [0.3, 0.4) is 0 Å². The monoisotopic (exact) mass is 349 g/mol. The molecule has 130 valence electrons. The molecule has 2 aromatic carbocycles. The average molecular weight is 349 g/mol. The van der Waals surface area contributed by atoms with E-state index in [0.717, 1.165) is 10.6 Å². The largest absolute Gasteiger partial charge is 0.330 e. The number of hydrogen-bond donors (Lipinski definition) is 2. The molecule has 0 saturated heterocycles. The molecule has 0 aliphatic carbocycles. The second-order valence-corrected chi connectivity index (χ2v) is 5.49. The molecule has 1 aromatic heterocycles. The Morgan fingerprint density at radius 1 is 0.846 bits per heavy atom. The van der Waals surface area contributed by atoms with Crippen LogP contribution in [0, 0.1) is 0 Å². The summed E-state index contributed by atoms with van der Waals surface area (Å²) < 4.78 is 0.984. The van der Waals surface area contributed by atoms with Crippen molar-refractivity contribution in [3.8, 4) is 0 Å². The van der Waals surface area contributed by atoms with Gasteiger partial charge in [-0.3, -0.25) is 23.9 Å². The molecule has 26 heavy (non-hydrogen) atoms. The van der Waals surface area contributed by atoms with Gasteiger partial charge in [0.1, 0.15) is 0 Å². The fourth-order valence-corrected chi connectivity index (χ4v) is 2.45. The summed E-state index contributed by atoms with van der Waals surface area (Å²) >= 11 is 0. The molecule has 0 aliphatic heterocycles. The third kappa shape index (κ3) is 3.67. The molecule has 1 amide bonds. The van der Waals surface area contributed by atoms with Crippen LogP contribution >= 0.6 is 0 Å². The highest BCUT2D eigenvalue weighted by molar-refractivity contribution is 6.03. The van der Waals surface area contributed by atoms with E-state index in [0.29, 0.717) is 11.1 Å². The van der Waals surface area contributed by atoms with Gasteiger partial charge in [0.05, 0.1) is 0 Å². The Balaban J connectivity index is 2.01. The van der Waals surface area contributed by atoms with Crippen LogP contribution in [-0.2, 0) is 0 Å². The topological polar surface area (TPSA) is 101 Å². The quantitative estimate of drug-likeness (QED) is 0.679. The molecule has 0 fully saturated rings. The zero-order valence-corrected chi connectivity index (χ0v) is 13.6. The third-order valence-electron chi connectivity index (χ3n) is 3.74. The number of nitrogens with zero attached hydrogens (tertiary/aromatic N) is 1. The SMILES string of the molecule is O=C(N[C@H](C(=O)c1ccccc1)n1ccc(=O)[nH]c1=O)c1ccccc1. The summed E-state index contributed by atoms with van der Waals surface area (Å²) in [5.74, 6) is -0.998. The minimum atomic E-state index is -1.30. The van der Waals surface area contributed by atoms with Crippen molar-refractivity contribution < 1.29 is 9.59 Å². The van der Waals surface area contributed by atoms with E-state index in [9.17, 15) is 19.2 Å². The number of rotatable bonds is 5. The van der Waals surface area contributed by atoms with E-state index < -0.39 is 29.1 Å². The molecule has 1 heterocycles. The summed E-state index contributed by atoms with van der Waals surface area (Å²) in [4.78, 5) is 50.9. The summed E-state index contributed by atoms with van der Waals surface area (Å²) in [7, 11) is 0. The zero-order chi connectivity index (χ0) is 18.5. The van der Waals surface area contributed by atoms with Gasteiger partial charge in [-0.05, 0) is 12.1 Å². The van der Waals surface area contributed by atoms with Gasteiger partial charge in [-0.15, -0.1) is 0 Å². The predicted molar refractivity (Wildman–Crippen MR) is 95.0 cm³/mol. The smallest absolute Gasteiger partial charge is 0.325 e. The van der Waals surface area contributed by atoms with Crippen molar-refractivity contribution in [3.63, 3.8) is 0 Å². The van der Waals surface area contributed by atoms with Crippen molar-refractivity contribution in [3.05, 3.63) is 105 Å². The van der Waals surface area contributed by atoms with Gasteiger partial charge in [0.25, 0.3) is 11.5 Å². The highest BCUT2D eigenvalue weighted by Crippen LogP contribution is 2.11. The molecular formula is C19H15N3O4. The highest BCUT2D eigenvalue weighted by atomic mass is 16.2. The molecule has 7 nitrogen and oxygen atoms in total. The molecule has 0 bridgehead atoms.